The summed E-state index contributed by atoms with van der Waals surface area (Å²) in [5.41, 5.74) is 6.18. The van der Waals surface area contributed by atoms with Crippen molar-refractivity contribution < 1.29 is 4.79 Å². The molecule has 1 saturated carbocycles. The number of carbonyl (C=O) groups excluding carboxylic acids is 1. The summed E-state index contributed by atoms with van der Waals surface area (Å²) in [5.74, 6) is 2.31. The Morgan fingerprint density at radius 2 is 2.00 bits per heavy atom. The van der Waals surface area contributed by atoms with Crippen LogP contribution in [0.3, 0.4) is 0 Å². The van der Waals surface area contributed by atoms with Gasteiger partial charge in [-0.15, -0.1) is 0 Å². The van der Waals surface area contributed by atoms with E-state index < -0.39 is 0 Å². The highest BCUT2D eigenvalue weighted by molar-refractivity contribution is 5.79. The number of likely N-dealkylation sites (tertiary alicyclic amines) is 1. The van der Waals surface area contributed by atoms with Crippen molar-refractivity contribution in [2.75, 3.05) is 13.1 Å². The van der Waals surface area contributed by atoms with Gasteiger partial charge in [-0.1, -0.05) is 27.2 Å². The lowest BCUT2D eigenvalue weighted by molar-refractivity contribution is -0.140. The highest BCUT2D eigenvalue weighted by Crippen LogP contribution is 2.35. The zero-order valence-corrected chi connectivity index (χ0v) is 12.8. The first-order valence-corrected chi connectivity index (χ1v) is 8.07. The van der Waals surface area contributed by atoms with Gasteiger partial charge in [-0.05, 0) is 43.4 Å². The fraction of sp³-hybridized carbons (Fsp3) is 0.938. The van der Waals surface area contributed by atoms with Crippen molar-refractivity contribution in [1.82, 2.24) is 4.90 Å². The molecular weight excluding hydrogens is 236 g/mol. The minimum Gasteiger partial charge on any atom is -0.342 e. The third-order valence-electron chi connectivity index (χ3n) is 5.41. The summed E-state index contributed by atoms with van der Waals surface area (Å²) < 4.78 is 0. The average molecular weight is 266 g/mol. The molecule has 0 aromatic heterocycles. The Labute approximate surface area is 117 Å². The van der Waals surface area contributed by atoms with Crippen molar-refractivity contribution >= 4 is 5.91 Å². The molecule has 1 saturated heterocycles. The molecule has 2 aliphatic rings. The molecule has 5 atom stereocenters. The van der Waals surface area contributed by atoms with Crippen LogP contribution in [0.1, 0.15) is 52.9 Å². The maximum atomic E-state index is 12.7. The fourth-order valence-electron chi connectivity index (χ4n) is 3.86. The van der Waals surface area contributed by atoms with Crippen LogP contribution < -0.4 is 5.73 Å². The first kappa shape index (κ1) is 14.8. The third-order valence-corrected chi connectivity index (χ3v) is 5.41. The fourth-order valence-corrected chi connectivity index (χ4v) is 3.86. The Kier molecular flexibility index (Phi) is 4.88. The van der Waals surface area contributed by atoms with Crippen LogP contribution in [0.5, 0.6) is 0 Å². The highest BCUT2D eigenvalue weighted by atomic mass is 16.2. The molecule has 2 fully saturated rings. The van der Waals surface area contributed by atoms with Crippen molar-refractivity contribution in [1.29, 1.82) is 0 Å². The normalized spacial score (nSPS) is 40.2. The molecular formula is C16H30N2O. The molecule has 3 nitrogen and oxygen atoms in total. The largest absolute Gasteiger partial charge is 0.342 e. The Hall–Kier alpha value is -0.570. The van der Waals surface area contributed by atoms with Crippen molar-refractivity contribution in [3.05, 3.63) is 0 Å². The van der Waals surface area contributed by atoms with Crippen molar-refractivity contribution in [2.45, 2.75) is 58.9 Å². The van der Waals surface area contributed by atoms with E-state index in [2.05, 4.69) is 25.7 Å². The van der Waals surface area contributed by atoms with Gasteiger partial charge < -0.3 is 10.6 Å². The third kappa shape index (κ3) is 3.31. The van der Waals surface area contributed by atoms with Gasteiger partial charge in [-0.25, -0.2) is 0 Å². The number of rotatable bonds is 2. The molecule has 1 heterocycles. The lowest BCUT2D eigenvalue weighted by atomic mass is 9.72. The van der Waals surface area contributed by atoms with Crippen molar-refractivity contribution in [3.63, 3.8) is 0 Å². The predicted molar refractivity (Wildman–Crippen MR) is 78.6 cm³/mol. The van der Waals surface area contributed by atoms with E-state index in [1.165, 1.54) is 19.3 Å². The number of nitrogens with two attached hydrogens (primary N) is 1. The van der Waals surface area contributed by atoms with Crippen LogP contribution in [0, 0.1) is 23.7 Å². The zero-order chi connectivity index (χ0) is 14.0. The summed E-state index contributed by atoms with van der Waals surface area (Å²) >= 11 is 0. The van der Waals surface area contributed by atoms with E-state index in [-0.39, 0.29) is 12.0 Å². The molecule has 0 bridgehead atoms. The smallest absolute Gasteiger partial charge is 0.226 e. The average Bonchev–Trinajstić information content (AvgIpc) is 2.42. The molecule has 110 valence electrons. The number of hydrogen-bond acceptors (Lipinski definition) is 2. The summed E-state index contributed by atoms with van der Waals surface area (Å²) in [5, 5.41) is 0. The van der Waals surface area contributed by atoms with E-state index in [1.807, 2.05) is 0 Å². The van der Waals surface area contributed by atoms with Gasteiger partial charge >= 0.3 is 0 Å². The maximum absolute atomic E-state index is 12.7. The van der Waals surface area contributed by atoms with Crippen LogP contribution in [0.15, 0.2) is 0 Å². The summed E-state index contributed by atoms with van der Waals surface area (Å²) in [7, 11) is 0. The van der Waals surface area contributed by atoms with Gasteiger partial charge in [0.2, 0.25) is 5.91 Å². The van der Waals surface area contributed by atoms with Gasteiger partial charge in [0.25, 0.3) is 0 Å². The monoisotopic (exact) mass is 266 g/mol. The quantitative estimate of drug-likeness (QED) is 0.835. The molecule has 0 radical (unpaired) electrons. The van der Waals surface area contributed by atoms with E-state index in [4.69, 9.17) is 5.73 Å². The standard InChI is InChI=1S/C16H30N2O/c1-4-13-6-5-7-18(10-13)16(19)14-9-15(17)12(3)8-11(14)2/h11-15H,4-10,17H2,1-3H3. The van der Waals surface area contributed by atoms with Crippen molar-refractivity contribution in [3.8, 4) is 0 Å². The molecule has 1 aliphatic heterocycles. The molecule has 0 aromatic carbocycles. The van der Waals surface area contributed by atoms with Crippen LogP contribution >= 0.6 is 0 Å². The molecule has 2 N–H and O–H groups in total. The summed E-state index contributed by atoms with van der Waals surface area (Å²) in [4.78, 5) is 14.9. The second-order valence-corrected chi connectivity index (χ2v) is 6.90. The van der Waals surface area contributed by atoms with Gasteiger partial charge in [-0.2, -0.15) is 0 Å². The number of amides is 1. The lowest BCUT2D eigenvalue weighted by Gasteiger charge is -2.40. The molecule has 19 heavy (non-hydrogen) atoms. The molecule has 5 unspecified atom stereocenters. The number of carbonyl (C=O) groups is 1. The van der Waals surface area contributed by atoms with Gasteiger partial charge in [-0.3, -0.25) is 4.79 Å². The molecule has 0 spiro atoms. The number of piperidine rings is 1. The summed E-state index contributed by atoms with van der Waals surface area (Å²) in [6.45, 7) is 8.62. The zero-order valence-electron chi connectivity index (χ0n) is 12.8. The van der Waals surface area contributed by atoms with Gasteiger partial charge in [0.1, 0.15) is 0 Å². The summed E-state index contributed by atoms with van der Waals surface area (Å²) in [6, 6.07) is 0.205. The molecule has 0 aromatic rings. The Balaban J connectivity index is 1.98. The van der Waals surface area contributed by atoms with Crippen LogP contribution in [0.4, 0.5) is 0 Å². The van der Waals surface area contributed by atoms with E-state index in [9.17, 15) is 4.79 Å². The second kappa shape index (κ2) is 6.25. The predicted octanol–water partition coefficient (Wildman–Crippen LogP) is 2.64. The first-order valence-electron chi connectivity index (χ1n) is 8.07. The molecule has 1 aliphatic carbocycles. The Bertz CT molecular complexity index is 318. The topological polar surface area (TPSA) is 46.3 Å². The van der Waals surface area contributed by atoms with E-state index in [0.717, 1.165) is 25.9 Å². The van der Waals surface area contributed by atoms with Crippen LogP contribution in [-0.4, -0.2) is 29.9 Å². The van der Waals surface area contributed by atoms with Gasteiger partial charge in [0, 0.05) is 25.0 Å². The first-order chi connectivity index (χ1) is 9.02. The Morgan fingerprint density at radius 3 is 2.68 bits per heavy atom. The maximum Gasteiger partial charge on any atom is 0.226 e. The highest BCUT2D eigenvalue weighted by Gasteiger charge is 2.37. The van der Waals surface area contributed by atoms with Crippen molar-refractivity contribution in [2.24, 2.45) is 29.4 Å². The van der Waals surface area contributed by atoms with Crippen LogP contribution in [0.25, 0.3) is 0 Å². The lowest BCUT2D eigenvalue weighted by Crippen LogP contribution is -2.49. The van der Waals surface area contributed by atoms with Gasteiger partial charge in [0.05, 0.1) is 0 Å². The Morgan fingerprint density at radius 1 is 1.26 bits per heavy atom. The van der Waals surface area contributed by atoms with E-state index >= 15 is 0 Å². The molecule has 2 rings (SSSR count). The summed E-state index contributed by atoms with van der Waals surface area (Å²) in [6.07, 6.45) is 5.64. The molecule has 3 heteroatoms. The van der Waals surface area contributed by atoms with Gasteiger partial charge in [0.15, 0.2) is 0 Å². The van der Waals surface area contributed by atoms with Crippen LogP contribution in [0.2, 0.25) is 0 Å². The minimum atomic E-state index is 0.168. The number of nitrogens with zero attached hydrogens (tertiary/aromatic N) is 1. The SMILES string of the molecule is CCC1CCCN(C(=O)C2CC(N)C(C)CC2C)C1. The van der Waals surface area contributed by atoms with E-state index in [0.29, 0.717) is 23.7 Å². The number of hydrogen-bond donors (Lipinski definition) is 1. The van der Waals surface area contributed by atoms with Crippen LogP contribution in [-0.2, 0) is 4.79 Å². The second-order valence-electron chi connectivity index (χ2n) is 6.90. The molecule has 1 amide bonds. The van der Waals surface area contributed by atoms with E-state index in [1.54, 1.807) is 0 Å². The minimum absolute atomic E-state index is 0.168.